The molecule has 88 valence electrons. The molecular weight excluding hydrogens is 198 g/mol. The fourth-order valence-electron chi connectivity index (χ4n) is 2.53. The quantitative estimate of drug-likeness (QED) is 0.810. The van der Waals surface area contributed by atoms with Crippen molar-refractivity contribution in [2.24, 2.45) is 0 Å². The molecule has 0 bridgehead atoms. The minimum absolute atomic E-state index is 0.0790. The Balaban J connectivity index is 2.15. The van der Waals surface area contributed by atoms with Crippen molar-refractivity contribution in [3.63, 3.8) is 0 Å². The van der Waals surface area contributed by atoms with Crippen LogP contribution < -0.4 is 5.32 Å². The van der Waals surface area contributed by atoms with E-state index in [1.165, 1.54) is 11.1 Å². The first kappa shape index (κ1) is 11.6. The maximum Gasteiger partial charge on any atom is 0.0616 e. The summed E-state index contributed by atoms with van der Waals surface area (Å²) in [4.78, 5) is 0. The molecule has 0 aliphatic heterocycles. The SMILES string of the molecule is CCCNC1(CO)CCc2ccccc2C1. The highest BCUT2D eigenvalue weighted by atomic mass is 16.3. The lowest BCUT2D eigenvalue weighted by Crippen LogP contribution is -2.52. The van der Waals surface area contributed by atoms with Gasteiger partial charge in [0.05, 0.1) is 6.61 Å². The van der Waals surface area contributed by atoms with E-state index in [2.05, 4.69) is 36.5 Å². The van der Waals surface area contributed by atoms with E-state index in [0.717, 1.165) is 32.2 Å². The van der Waals surface area contributed by atoms with Crippen molar-refractivity contribution in [2.75, 3.05) is 13.2 Å². The van der Waals surface area contributed by atoms with E-state index in [0.29, 0.717) is 0 Å². The monoisotopic (exact) mass is 219 g/mol. The van der Waals surface area contributed by atoms with Gasteiger partial charge in [-0.3, -0.25) is 0 Å². The molecule has 0 radical (unpaired) electrons. The van der Waals surface area contributed by atoms with Crippen LogP contribution in [0.4, 0.5) is 0 Å². The zero-order valence-electron chi connectivity index (χ0n) is 10.00. The van der Waals surface area contributed by atoms with Crippen LogP contribution in [0, 0.1) is 0 Å². The first-order chi connectivity index (χ1) is 7.79. The second kappa shape index (κ2) is 4.98. The van der Waals surface area contributed by atoms with E-state index in [9.17, 15) is 5.11 Å². The molecule has 0 heterocycles. The third-order valence-corrected chi connectivity index (χ3v) is 3.57. The largest absolute Gasteiger partial charge is 0.394 e. The summed E-state index contributed by atoms with van der Waals surface area (Å²) >= 11 is 0. The van der Waals surface area contributed by atoms with Crippen LogP contribution in [0.3, 0.4) is 0 Å². The van der Waals surface area contributed by atoms with Gasteiger partial charge in [0.25, 0.3) is 0 Å². The Hall–Kier alpha value is -0.860. The third-order valence-electron chi connectivity index (χ3n) is 3.57. The van der Waals surface area contributed by atoms with Gasteiger partial charge in [-0.25, -0.2) is 0 Å². The average molecular weight is 219 g/mol. The molecular formula is C14H21NO. The number of hydrogen-bond donors (Lipinski definition) is 2. The topological polar surface area (TPSA) is 32.3 Å². The summed E-state index contributed by atoms with van der Waals surface area (Å²) in [6.45, 7) is 3.39. The van der Waals surface area contributed by atoms with Crippen LogP contribution in [-0.2, 0) is 12.8 Å². The number of fused-ring (bicyclic) bond motifs is 1. The van der Waals surface area contributed by atoms with Gasteiger partial charge < -0.3 is 10.4 Å². The van der Waals surface area contributed by atoms with Crippen LogP contribution in [0.2, 0.25) is 0 Å². The van der Waals surface area contributed by atoms with Gasteiger partial charge in [0.2, 0.25) is 0 Å². The van der Waals surface area contributed by atoms with Crippen molar-refractivity contribution in [3.8, 4) is 0 Å². The molecule has 2 rings (SSSR count). The number of hydrogen-bond acceptors (Lipinski definition) is 2. The van der Waals surface area contributed by atoms with E-state index in [1.807, 2.05) is 0 Å². The molecule has 1 aliphatic rings. The van der Waals surface area contributed by atoms with Crippen molar-refractivity contribution in [1.82, 2.24) is 5.32 Å². The molecule has 1 aromatic rings. The van der Waals surface area contributed by atoms with Crippen LogP contribution >= 0.6 is 0 Å². The second-order valence-electron chi connectivity index (χ2n) is 4.81. The predicted octanol–water partition coefficient (Wildman–Crippen LogP) is 1.91. The summed E-state index contributed by atoms with van der Waals surface area (Å²) in [6.07, 6.45) is 4.19. The molecule has 16 heavy (non-hydrogen) atoms. The van der Waals surface area contributed by atoms with Crippen molar-refractivity contribution in [1.29, 1.82) is 0 Å². The van der Waals surface area contributed by atoms with Gasteiger partial charge in [-0.1, -0.05) is 31.2 Å². The van der Waals surface area contributed by atoms with Crippen LogP contribution in [-0.4, -0.2) is 23.8 Å². The van der Waals surface area contributed by atoms with Gasteiger partial charge in [0.15, 0.2) is 0 Å². The van der Waals surface area contributed by atoms with Crippen molar-refractivity contribution < 1.29 is 5.11 Å². The van der Waals surface area contributed by atoms with Crippen LogP contribution in [0.15, 0.2) is 24.3 Å². The molecule has 0 spiro atoms. The zero-order valence-corrected chi connectivity index (χ0v) is 10.00. The number of aliphatic hydroxyl groups excluding tert-OH is 1. The minimum Gasteiger partial charge on any atom is -0.394 e. The third kappa shape index (κ3) is 2.28. The molecule has 0 fully saturated rings. The Morgan fingerprint density at radius 1 is 1.31 bits per heavy atom. The van der Waals surface area contributed by atoms with Gasteiger partial charge in [-0.05, 0) is 43.4 Å². The molecule has 1 atom stereocenters. The Bertz CT molecular complexity index is 350. The van der Waals surface area contributed by atoms with Gasteiger partial charge >= 0.3 is 0 Å². The molecule has 0 saturated heterocycles. The number of nitrogens with one attached hydrogen (secondary N) is 1. The van der Waals surface area contributed by atoms with Crippen LogP contribution in [0.5, 0.6) is 0 Å². The molecule has 1 unspecified atom stereocenters. The number of benzene rings is 1. The highest BCUT2D eigenvalue weighted by Crippen LogP contribution is 2.28. The minimum atomic E-state index is -0.0790. The van der Waals surface area contributed by atoms with E-state index in [-0.39, 0.29) is 12.1 Å². The van der Waals surface area contributed by atoms with Crippen LogP contribution in [0.25, 0.3) is 0 Å². The number of aryl methyl sites for hydroxylation is 1. The summed E-state index contributed by atoms with van der Waals surface area (Å²) in [5.41, 5.74) is 2.76. The smallest absolute Gasteiger partial charge is 0.0616 e. The molecule has 2 heteroatoms. The van der Waals surface area contributed by atoms with Crippen molar-refractivity contribution in [2.45, 2.75) is 38.1 Å². The standard InChI is InChI=1S/C14H21NO/c1-2-9-15-14(11-16)8-7-12-5-3-4-6-13(12)10-14/h3-6,15-16H,2,7-11H2,1H3. The molecule has 0 amide bonds. The molecule has 2 N–H and O–H groups in total. The van der Waals surface area contributed by atoms with Gasteiger partial charge in [0, 0.05) is 5.54 Å². The summed E-state index contributed by atoms with van der Waals surface area (Å²) in [6, 6.07) is 8.58. The first-order valence-electron chi connectivity index (χ1n) is 6.22. The number of rotatable bonds is 4. The lowest BCUT2D eigenvalue weighted by molar-refractivity contribution is 0.145. The van der Waals surface area contributed by atoms with Crippen molar-refractivity contribution >= 4 is 0 Å². The zero-order chi connectivity index (χ0) is 11.4. The summed E-state index contributed by atoms with van der Waals surface area (Å²) in [7, 11) is 0. The molecule has 0 saturated carbocycles. The molecule has 0 aromatic heterocycles. The Morgan fingerprint density at radius 3 is 2.75 bits per heavy atom. The summed E-state index contributed by atoms with van der Waals surface area (Å²) in [5, 5.41) is 13.2. The van der Waals surface area contributed by atoms with Crippen LogP contribution in [0.1, 0.15) is 30.9 Å². The fourth-order valence-corrected chi connectivity index (χ4v) is 2.53. The van der Waals surface area contributed by atoms with Gasteiger partial charge in [0.1, 0.15) is 0 Å². The predicted molar refractivity (Wildman–Crippen MR) is 66.6 cm³/mol. The highest BCUT2D eigenvalue weighted by molar-refractivity contribution is 5.32. The average Bonchev–Trinajstić information content (AvgIpc) is 2.36. The van der Waals surface area contributed by atoms with Gasteiger partial charge in [-0.15, -0.1) is 0 Å². The summed E-state index contributed by atoms with van der Waals surface area (Å²) < 4.78 is 0. The van der Waals surface area contributed by atoms with E-state index in [4.69, 9.17) is 0 Å². The van der Waals surface area contributed by atoms with E-state index in [1.54, 1.807) is 0 Å². The Morgan fingerprint density at radius 2 is 2.06 bits per heavy atom. The normalized spacial score (nSPS) is 24.1. The van der Waals surface area contributed by atoms with E-state index >= 15 is 0 Å². The lowest BCUT2D eigenvalue weighted by atomic mass is 9.78. The molecule has 2 nitrogen and oxygen atoms in total. The summed E-state index contributed by atoms with van der Waals surface area (Å²) in [5.74, 6) is 0. The molecule has 1 aliphatic carbocycles. The lowest BCUT2D eigenvalue weighted by Gasteiger charge is -2.37. The van der Waals surface area contributed by atoms with Crippen molar-refractivity contribution in [3.05, 3.63) is 35.4 Å². The fraction of sp³-hybridized carbons (Fsp3) is 0.571. The Kier molecular flexibility index (Phi) is 3.62. The highest BCUT2D eigenvalue weighted by Gasteiger charge is 2.32. The maximum absolute atomic E-state index is 9.63. The number of aliphatic hydroxyl groups is 1. The Labute approximate surface area is 97.7 Å². The maximum atomic E-state index is 9.63. The van der Waals surface area contributed by atoms with E-state index < -0.39 is 0 Å². The second-order valence-corrected chi connectivity index (χ2v) is 4.81. The van der Waals surface area contributed by atoms with Gasteiger partial charge in [-0.2, -0.15) is 0 Å². The first-order valence-corrected chi connectivity index (χ1v) is 6.22. The molecule has 1 aromatic carbocycles.